The summed E-state index contributed by atoms with van der Waals surface area (Å²) in [5, 5.41) is 14.6. The van der Waals surface area contributed by atoms with Crippen molar-refractivity contribution in [3.05, 3.63) is 74.8 Å². The molecule has 182 valence electrons. The Morgan fingerprint density at radius 3 is 2.32 bits per heavy atom. The zero-order valence-electron chi connectivity index (χ0n) is 19.2. The van der Waals surface area contributed by atoms with E-state index in [2.05, 4.69) is 5.32 Å². The lowest BCUT2D eigenvalue weighted by Crippen LogP contribution is -2.51. The zero-order valence-corrected chi connectivity index (χ0v) is 20.8. The Morgan fingerprint density at radius 2 is 1.74 bits per heavy atom. The normalized spacial score (nSPS) is 14.5. The summed E-state index contributed by atoms with van der Waals surface area (Å²) >= 11 is 7.44. The number of rotatable bonds is 11. The molecule has 7 nitrogen and oxygen atoms in total. The van der Waals surface area contributed by atoms with Crippen molar-refractivity contribution in [1.82, 2.24) is 10.2 Å². The lowest BCUT2D eigenvalue weighted by Gasteiger charge is -2.31. The number of nitrogens with zero attached hydrogens (tertiary/aromatic N) is 2. The van der Waals surface area contributed by atoms with Crippen LogP contribution in [-0.4, -0.2) is 39.5 Å². The van der Waals surface area contributed by atoms with Crippen LogP contribution in [0.2, 0.25) is 5.02 Å². The van der Waals surface area contributed by atoms with Gasteiger partial charge in [0.05, 0.1) is 10.7 Å². The molecule has 3 rings (SSSR count). The van der Waals surface area contributed by atoms with Crippen LogP contribution in [0.1, 0.15) is 50.2 Å². The zero-order chi connectivity index (χ0) is 24.5. The van der Waals surface area contributed by atoms with Gasteiger partial charge in [0.1, 0.15) is 6.04 Å². The Balaban J connectivity index is 1.67. The minimum absolute atomic E-state index is 0.0398. The van der Waals surface area contributed by atoms with E-state index in [-0.39, 0.29) is 29.3 Å². The molecule has 1 atom stereocenters. The van der Waals surface area contributed by atoms with Gasteiger partial charge in [-0.3, -0.25) is 19.7 Å². The highest BCUT2D eigenvalue weighted by atomic mass is 35.5. The molecule has 0 saturated heterocycles. The van der Waals surface area contributed by atoms with Crippen LogP contribution in [0.15, 0.2) is 48.5 Å². The van der Waals surface area contributed by atoms with Crippen LogP contribution in [0.4, 0.5) is 5.69 Å². The van der Waals surface area contributed by atoms with Crippen LogP contribution in [0.5, 0.6) is 0 Å². The summed E-state index contributed by atoms with van der Waals surface area (Å²) in [6.45, 7) is 2.25. The van der Waals surface area contributed by atoms with Crippen molar-refractivity contribution in [1.29, 1.82) is 0 Å². The van der Waals surface area contributed by atoms with E-state index in [0.29, 0.717) is 23.7 Å². The number of thioether (sulfide) groups is 1. The van der Waals surface area contributed by atoms with E-state index in [1.54, 1.807) is 29.2 Å². The summed E-state index contributed by atoms with van der Waals surface area (Å²) in [5.74, 6) is 0.536. The fourth-order valence-electron chi connectivity index (χ4n) is 4.13. The number of hydrogen-bond acceptors (Lipinski definition) is 5. The Hall–Kier alpha value is -2.58. The fourth-order valence-corrected chi connectivity index (χ4v) is 5.12. The van der Waals surface area contributed by atoms with Gasteiger partial charge in [0.25, 0.3) is 5.69 Å². The van der Waals surface area contributed by atoms with Crippen molar-refractivity contribution in [3.63, 3.8) is 0 Å². The summed E-state index contributed by atoms with van der Waals surface area (Å²) in [4.78, 5) is 38.5. The summed E-state index contributed by atoms with van der Waals surface area (Å²) in [6, 6.07) is 13.3. The van der Waals surface area contributed by atoms with E-state index in [4.69, 9.17) is 11.6 Å². The van der Waals surface area contributed by atoms with Gasteiger partial charge in [-0.15, -0.1) is 11.8 Å². The number of hydrogen-bond donors (Lipinski definition) is 1. The summed E-state index contributed by atoms with van der Waals surface area (Å²) < 4.78 is 0. The number of benzene rings is 2. The number of amides is 2. The van der Waals surface area contributed by atoms with Crippen molar-refractivity contribution in [2.24, 2.45) is 0 Å². The number of carbonyl (C=O) groups excluding carboxylic acids is 2. The maximum atomic E-state index is 13.3. The van der Waals surface area contributed by atoms with E-state index in [1.807, 2.05) is 19.1 Å². The molecular weight excluding hydrogens is 474 g/mol. The molecule has 1 N–H and O–H groups in total. The molecule has 0 aliphatic heterocycles. The fraction of sp³-hybridized carbons (Fsp3) is 0.440. The molecule has 0 aromatic heterocycles. The third-order valence-electron chi connectivity index (χ3n) is 6.00. The van der Waals surface area contributed by atoms with Gasteiger partial charge in [0, 0.05) is 35.5 Å². The highest BCUT2D eigenvalue weighted by Gasteiger charge is 2.30. The molecule has 2 amide bonds. The van der Waals surface area contributed by atoms with E-state index in [1.165, 1.54) is 23.9 Å². The van der Waals surface area contributed by atoms with Gasteiger partial charge in [-0.05, 0) is 42.5 Å². The first-order valence-corrected chi connectivity index (χ1v) is 13.1. The van der Waals surface area contributed by atoms with Crippen molar-refractivity contribution in [2.45, 2.75) is 63.4 Å². The maximum Gasteiger partial charge on any atom is 0.269 e. The van der Waals surface area contributed by atoms with Crippen LogP contribution in [0, 0.1) is 10.1 Å². The monoisotopic (exact) mass is 503 g/mol. The number of halogens is 1. The van der Waals surface area contributed by atoms with Crippen molar-refractivity contribution < 1.29 is 14.5 Å². The molecule has 1 saturated carbocycles. The lowest BCUT2D eigenvalue weighted by atomic mass is 10.1. The first-order chi connectivity index (χ1) is 16.4. The second-order valence-corrected chi connectivity index (χ2v) is 9.90. The van der Waals surface area contributed by atoms with Gasteiger partial charge in [0.15, 0.2) is 0 Å². The van der Waals surface area contributed by atoms with Crippen molar-refractivity contribution in [3.8, 4) is 0 Å². The second kappa shape index (κ2) is 12.8. The molecule has 0 radical (unpaired) electrons. The number of nitrogens with one attached hydrogen (secondary N) is 1. The molecule has 9 heteroatoms. The molecular formula is C25H30ClN3O4S. The largest absolute Gasteiger partial charge is 0.352 e. The third-order valence-corrected chi connectivity index (χ3v) is 7.24. The smallest absolute Gasteiger partial charge is 0.269 e. The molecule has 1 aliphatic carbocycles. The quantitative estimate of drug-likeness (QED) is 0.329. The van der Waals surface area contributed by atoms with E-state index < -0.39 is 11.0 Å². The number of nitro groups is 1. The molecule has 1 aliphatic rings. The predicted octanol–water partition coefficient (Wildman–Crippen LogP) is 5.35. The van der Waals surface area contributed by atoms with Gasteiger partial charge in [-0.1, -0.05) is 55.6 Å². The van der Waals surface area contributed by atoms with Crippen LogP contribution in [0.25, 0.3) is 0 Å². The average Bonchev–Trinajstić information content (AvgIpc) is 3.33. The van der Waals surface area contributed by atoms with Gasteiger partial charge in [-0.25, -0.2) is 0 Å². The van der Waals surface area contributed by atoms with E-state index in [0.717, 1.165) is 36.8 Å². The average molecular weight is 504 g/mol. The van der Waals surface area contributed by atoms with Gasteiger partial charge in [-0.2, -0.15) is 0 Å². The predicted molar refractivity (Wildman–Crippen MR) is 136 cm³/mol. The minimum atomic E-state index is -0.552. The first kappa shape index (κ1) is 26.0. The highest BCUT2D eigenvalue weighted by Crippen LogP contribution is 2.22. The van der Waals surface area contributed by atoms with Gasteiger partial charge < -0.3 is 10.2 Å². The van der Waals surface area contributed by atoms with Gasteiger partial charge >= 0.3 is 0 Å². The summed E-state index contributed by atoms with van der Waals surface area (Å²) in [5.41, 5.74) is 1.85. The number of carbonyl (C=O) groups is 2. The minimum Gasteiger partial charge on any atom is -0.352 e. The van der Waals surface area contributed by atoms with Crippen LogP contribution >= 0.6 is 23.4 Å². The topological polar surface area (TPSA) is 92.6 Å². The number of nitro benzene ring substituents is 1. The molecule has 0 bridgehead atoms. The van der Waals surface area contributed by atoms with Crippen LogP contribution < -0.4 is 5.32 Å². The molecule has 2 aromatic carbocycles. The SMILES string of the molecule is CCC(C(=O)NC1CCCC1)N(Cc1ccc(Cl)cc1)C(=O)CSCc1ccc([N+](=O)[O-])cc1. The van der Waals surface area contributed by atoms with Crippen LogP contribution in [-0.2, 0) is 21.9 Å². The van der Waals surface area contributed by atoms with E-state index in [9.17, 15) is 19.7 Å². The van der Waals surface area contributed by atoms with Crippen molar-refractivity contribution >= 4 is 40.9 Å². The second-order valence-electron chi connectivity index (χ2n) is 8.48. The number of non-ortho nitro benzene ring substituents is 1. The molecule has 1 fully saturated rings. The molecule has 2 aromatic rings. The van der Waals surface area contributed by atoms with Gasteiger partial charge in [0.2, 0.25) is 11.8 Å². The Labute approximate surface area is 209 Å². The standard InChI is InChI=1S/C25H30ClN3O4S/c1-2-23(25(31)27-21-5-3-4-6-21)28(15-18-7-11-20(26)12-8-18)24(30)17-34-16-19-9-13-22(14-10-19)29(32)33/h7-14,21,23H,2-6,15-17H2,1H3,(H,27,31). The summed E-state index contributed by atoms with van der Waals surface area (Å²) in [6.07, 6.45) is 4.73. The first-order valence-electron chi connectivity index (χ1n) is 11.5. The Morgan fingerprint density at radius 1 is 1.12 bits per heavy atom. The molecule has 0 heterocycles. The molecule has 34 heavy (non-hydrogen) atoms. The Bertz CT molecular complexity index is 979. The maximum absolute atomic E-state index is 13.3. The molecule has 0 spiro atoms. The Kier molecular flexibility index (Phi) is 9.77. The lowest BCUT2D eigenvalue weighted by molar-refractivity contribution is -0.384. The van der Waals surface area contributed by atoms with Crippen molar-refractivity contribution in [2.75, 3.05) is 5.75 Å². The summed E-state index contributed by atoms with van der Waals surface area (Å²) in [7, 11) is 0. The third kappa shape index (κ3) is 7.46. The van der Waals surface area contributed by atoms with E-state index >= 15 is 0 Å². The molecule has 1 unspecified atom stereocenters. The van der Waals surface area contributed by atoms with Crippen LogP contribution in [0.3, 0.4) is 0 Å². The highest BCUT2D eigenvalue weighted by molar-refractivity contribution is 7.99.